The molecule has 1 heterocycles. The van der Waals surface area contributed by atoms with Crippen LogP contribution in [0.25, 0.3) is 0 Å². The number of benzene rings is 1. The predicted molar refractivity (Wildman–Crippen MR) is 75.3 cm³/mol. The number of nitrogens with one attached hydrogen (secondary N) is 1. The molecule has 1 aliphatic heterocycles. The molecule has 19 heavy (non-hydrogen) atoms. The normalized spacial score (nSPS) is 18.0. The van der Waals surface area contributed by atoms with Gasteiger partial charge >= 0.3 is 0 Å². The Morgan fingerprint density at radius 2 is 2.00 bits per heavy atom. The summed E-state index contributed by atoms with van der Waals surface area (Å²) in [5.41, 5.74) is 1.06. The Labute approximate surface area is 118 Å². The molecule has 0 unspecified atom stereocenters. The summed E-state index contributed by atoms with van der Waals surface area (Å²) in [4.78, 5) is 14.0. The van der Waals surface area contributed by atoms with Crippen molar-refractivity contribution in [2.24, 2.45) is 0 Å². The molecule has 0 saturated carbocycles. The first-order chi connectivity index (χ1) is 9.15. The second kappa shape index (κ2) is 6.89. The van der Waals surface area contributed by atoms with E-state index >= 15 is 0 Å². The van der Waals surface area contributed by atoms with Crippen molar-refractivity contribution in [2.75, 3.05) is 32.8 Å². The van der Waals surface area contributed by atoms with Gasteiger partial charge < -0.3 is 10.1 Å². The largest absolute Gasteiger partial charge is 0.379 e. The SMILES string of the molecule is C[C@H](NC(=O)CN1CCOCC1)c1ccc(Cl)cc1. The van der Waals surface area contributed by atoms with Crippen LogP contribution in [0, 0.1) is 0 Å². The number of morpholine rings is 1. The number of carbonyl (C=O) groups excluding carboxylic acids is 1. The van der Waals surface area contributed by atoms with Gasteiger partial charge in [0.25, 0.3) is 0 Å². The molecule has 0 spiro atoms. The summed E-state index contributed by atoms with van der Waals surface area (Å²) in [6.45, 7) is 5.47. The Balaban J connectivity index is 1.82. The van der Waals surface area contributed by atoms with Gasteiger partial charge in [-0.2, -0.15) is 0 Å². The van der Waals surface area contributed by atoms with Gasteiger partial charge in [-0.25, -0.2) is 0 Å². The average molecular weight is 283 g/mol. The summed E-state index contributed by atoms with van der Waals surface area (Å²) in [6, 6.07) is 7.53. The fourth-order valence-corrected chi connectivity index (χ4v) is 2.21. The molecule has 0 radical (unpaired) electrons. The first kappa shape index (κ1) is 14.3. The molecule has 2 rings (SSSR count). The lowest BCUT2D eigenvalue weighted by Gasteiger charge is -2.26. The van der Waals surface area contributed by atoms with Gasteiger partial charge in [-0.05, 0) is 24.6 Å². The molecule has 1 aromatic rings. The van der Waals surface area contributed by atoms with Crippen LogP contribution in [0.4, 0.5) is 0 Å². The number of hydrogen-bond acceptors (Lipinski definition) is 3. The number of ether oxygens (including phenoxy) is 1. The highest BCUT2D eigenvalue weighted by atomic mass is 35.5. The van der Waals surface area contributed by atoms with Crippen molar-refractivity contribution < 1.29 is 9.53 Å². The maximum absolute atomic E-state index is 11.9. The van der Waals surface area contributed by atoms with Crippen LogP contribution in [0.2, 0.25) is 5.02 Å². The maximum Gasteiger partial charge on any atom is 0.234 e. The molecule has 1 N–H and O–H groups in total. The minimum atomic E-state index is -0.00851. The molecule has 4 nitrogen and oxygen atoms in total. The van der Waals surface area contributed by atoms with Gasteiger partial charge in [0.05, 0.1) is 25.8 Å². The van der Waals surface area contributed by atoms with Crippen molar-refractivity contribution >= 4 is 17.5 Å². The molecule has 1 aliphatic rings. The Morgan fingerprint density at radius 3 is 2.63 bits per heavy atom. The van der Waals surface area contributed by atoms with E-state index in [1.807, 2.05) is 31.2 Å². The third kappa shape index (κ3) is 4.49. The fourth-order valence-electron chi connectivity index (χ4n) is 2.08. The lowest BCUT2D eigenvalue weighted by Crippen LogP contribution is -2.43. The van der Waals surface area contributed by atoms with Crippen molar-refractivity contribution in [3.05, 3.63) is 34.9 Å². The van der Waals surface area contributed by atoms with Gasteiger partial charge in [0.1, 0.15) is 0 Å². The summed E-state index contributed by atoms with van der Waals surface area (Å²) >= 11 is 5.85. The van der Waals surface area contributed by atoms with Crippen LogP contribution < -0.4 is 5.32 Å². The smallest absolute Gasteiger partial charge is 0.234 e. The molecule has 1 aromatic carbocycles. The van der Waals surface area contributed by atoms with Gasteiger partial charge in [-0.1, -0.05) is 23.7 Å². The monoisotopic (exact) mass is 282 g/mol. The second-order valence-corrected chi connectivity index (χ2v) is 5.17. The summed E-state index contributed by atoms with van der Waals surface area (Å²) in [7, 11) is 0. The molecule has 1 saturated heterocycles. The molecule has 0 aliphatic carbocycles. The molecular weight excluding hydrogens is 264 g/mol. The van der Waals surface area contributed by atoms with Crippen molar-refractivity contribution in [3.8, 4) is 0 Å². The van der Waals surface area contributed by atoms with Gasteiger partial charge in [0, 0.05) is 18.1 Å². The zero-order chi connectivity index (χ0) is 13.7. The van der Waals surface area contributed by atoms with Crippen LogP contribution >= 0.6 is 11.6 Å². The minimum Gasteiger partial charge on any atom is -0.379 e. The second-order valence-electron chi connectivity index (χ2n) is 4.73. The average Bonchev–Trinajstić information content (AvgIpc) is 2.40. The van der Waals surface area contributed by atoms with E-state index < -0.39 is 0 Å². The topological polar surface area (TPSA) is 41.6 Å². The maximum atomic E-state index is 11.9. The van der Waals surface area contributed by atoms with E-state index in [4.69, 9.17) is 16.3 Å². The molecule has 0 bridgehead atoms. The number of halogens is 1. The standard InChI is InChI=1S/C14H19ClN2O2/c1-11(12-2-4-13(15)5-3-12)16-14(18)10-17-6-8-19-9-7-17/h2-5,11H,6-10H2,1H3,(H,16,18)/t11-/m0/s1. The van der Waals surface area contributed by atoms with Gasteiger partial charge in [-0.3, -0.25) is 9.69 Å². The third-order valence-electron chi connectivity index (χ3n) is 3.22. The van der Waals surface area contributed by atoms with E-state index in [1.54, 1.807) is 0 Å². The predicted octanol–water partition coefficient (Wildman–Crippen LogP) is 1.85. The van der Waals surface area contributed by atoms with Gasteiger partial charge in [0.2, 0.25) is 5.91 Å². The molecule has 104 valence electrons. The first-order valence-electron chi connectivity index (χ1n) is 6.50. The highest BCUT2D eigenvalue weighted by Gasteiger charge is 2.15. The number of carbonyl (C=O) groups is 1. The van der Waals surface area contributed by atoms with Crippen molar-refractivity contribution in [1.29, 1.82) is 0 Å². The van der Waals surface area contributed by atoms with Crippen molar-refractivity contribution in [2.45, 2.75) is 13.0 Å². The van der Waals surface area contributed by atoms with E-state index in [-0.39, 0.29) is 11.9 Å². The van der Waals surface area contributed by atoms with Gasteiger partial charge in [0.15, 0.2) is 0 Å². The molecule has 1 atom stereocenters. The van der Waals surface area contributed by atoms with Crippen LogP contribution in [0.3, 0.4) is 0 Å². The minimum absolute atomic E-state index is 0.00851. The Hall–Kier alpha value is -1.10. The Bertz CT molecular complexity index is 416. The first-order valence-corrected chi connectivity index (χ1v) is 6.88. The zero-order valence-corrected chi connectivity index (χ0v) is 11.8. The van der Waals surface area contributed by atoms with Crippen LogP contribution in [-0.2, 0) is 9.53 Å². The summed E-state index contributed by atoms with van der Waals surface area (Å²) in [5.74, 6) is 0.0457. The van der Waals surface area contributed by atoms with Crippen LogP contribution in [0.5, 0.6) is 0 Å². The lowest BCUT2D eigenvalue weighted by atomic mass is 10.1. The number of amides is 1. The van der Waals surface area contributed by atoms with Crippen LogP contribution in [0.1, 0.15) is 18.5 Å². The molecule has 1 fully saturated rings. The zero-order valence-electron chi connectivity index (χ0n) is 11.1. The van der Waals surface area contributed by atoms with Crippen LogP contribution in [0.15, 0.2) is 24.3 Å². The molecule has 1 amide bonds. The summed E-state index contributed by atoms with van der Waals surface area (Å²) < 4.78 is 5.26. The highest BCUT2D eigenvalue weighted by molar-refractivity contribution is 6.30. The fraction of sp³-hybridized carbons (Fsp3) is 0.500. The van der Waals surface area contributed by atoms with Crippen molar-refractivity contribution in [3.63, 3.8) is 0 Å². The number of hydrogen-bond donors (Lipinski definition) is 1. The quantitative estimate of drug-likeness (QED) is 0.916. The van der Waals surface area contributed by atoms with E-state index in [9.17, 15) is 4.79 Å². The van der Waals surface area contributed by atoms with Crippen LogP contribution in [-0.4, -0.2) is 43.7 Å². The Kier molecular flexibility index (Phi) is 5.19. The molecule has 5 heteroatoms. The Morgan fingerprint density at radius 1 is 1.37 bits per heavy atom. The third-order valence-corrected chi connectivity index (χ3v) is 3.47. The lowest BCUT2D eigenvalue weighted by molar-refractivity contribution is -0.123. The molecular formula is C14H19ClN2O2. The summed E-state index contributed by atoms with van der Waals surface area (Å²) in [6.07, 6.45) is 0. The number of rotatable bonds is 4. The van der Waals surface area contributed by atoms with E-state index in [2.05, 4.69) is 10.2 Å². The molecule has 0 aromatic heterocycles. The van der Waals surface area contributed by atoms with Crippen molar-refractivity contribution in [1.82, 2.24) is 10.2 Å². The summed E-state index contributed by atoms with van der Waals surface area (Å²) in [5, 5.41) is 3.70. The highest BCUT2D eigenvalue weighted by Crippen LogP contribution is 2.15. The van der Waals surface area contributed by atoms with E-state index in [0.717, 1.165) is 18.7 Å². The number of nitrogens with zero attached hydrogens (tertiary/aromatic N) is 1. The van der Waals surface area contributed by atoms with E-state index in [1.165, 1.54) is 0 Å². The van der Waals surface area contributed by atoms with E-state index in [0.29, 0.717) is 24.8 Å². The van der Waals surface area contributed by atoms with Gasteiger partial charge in [-0.15, -0.1) is 0 Å².